The van der Waals surface area contributed by atoms with Crippen LogP contribution in [0.3, 0.4) is 0 Å². The third-order valence-corrected chi connectivity index (χ3v) is 3.79. The second-order valence-electron chi connectivity index (χ2n) is 4.53. The van der Waals surface area contributed by atoms with Gasteiger partial charge in [0.25, 0.3) is 5.91 Å². The molecule has 3 rings (SSSR count). The van der Waals surface area contributed by atoms with E-state index in [-0.39, 0.29) is 11.9 Å². The van der Waals surface area contributed by atoms with Crippen LogP contribution in [0.5, 0.6) is 0 Å². The largest absolute Gasteiger partial charge is 0.343 e. The molecule has 0 aliphatic heterocycles. The van der Waals surface area contributed by atoms with Gasteiger partial charge in [0.2, 0.25) is 0 Å². The van der Waals surface area contributed by atoms with Gasteiger partial charge in [-0.3, -0.25) is 4.79 Å². The molecule has 0 aliphatic rings. The highest BCUT2D eigenvalue weighted by molar-refractivity contribution is 7.08. The maximum atomic E-state index is 12.3. The van der Waals surface area contributed by atoms with Gasteiger partial charge in [0.1, 0.15) is 0 Å². The van der Waals surface area contributed by atoms with Crippen molar-refractivity contribution in [1.82, 2.24) is 20.3 Å². The first-order chi connectivity index (χ1) is 10.3. The lowest BCUT2D eigenvalue weighted by Crippen LogP contribution is -2.31. The summed E-state index contributed by atoms with van der Waals surface area (Å²) in [4.78, 5) is 13.8. The van der Waals surface area contributed by atoms with E-state index in [2.05, 4.69) is 15.5 Å². The summed E-state index contributed by atoms with van der Waals surface area (Å²) in [7, 11) is 0. The molecule has 1 aromatic carbocycles. The van der Waals surface area contributed by atoms with Crippen molar-refractivity contribution >= 4 is 17.2 Å². The third kappa shape index (κ3) is 3.35. The summed E-state index contributed by atoms with van der Waals surface area (Å²) < 4.78 is 0. The summed E-state index contributed by atoms with van der Waals surface area (Å²) in [6, 6.07) is 11.5. The molecule has 2 heterocycles. The molecular weight excluding hydrogens is 284 g/mol. The summed E-state index contributed by atoms with van der Waals surface area (Å²) >= 11 is 1.51. The SMILES string of the molecule is O=C(NC(Cn1nccn1)c1ccccc1)c1ccsc1. The van der Waals surface area contributed by atoms with E-state index < -0.39 is 0 Å². The second kappa shape index (κ2) is 6.32. The number of rotatable bonds is 5. The van der Waals surface area contributed by atoms with Crippen LogP contribution in [0.2, 0.25) is 0 Å². The standard InChI is InChI=1S/C15H14N4OS/c20-15(13-6-9-21-11-13)18-14(10-19-16-7-8-17-19)12-4-2-1-3-5-12/h1-9,11,14H,10H2,(H,18,20). The highest BCUT2D eigenvalue weighted by Gasteiger charge is 2.17. The van der Waals surface area contributed by atoms with Crippen molar-refractivity contribution in [3.05, 3.63) is 70.7 Å². The zero-order chi connectivity index (χ0) is 14.5. The van der Waals surface area contributed by atoms with E-state index in [1.165, 1.54) is 11.3 Å². The lowest BCUT2D eigenvalue weighted by atomic mass is 10.1. The Labute approximate surface area is 126 Å². The number of carbonyl (C=O) groups excluding carboxylic acids is 1. The van der Waals surface area contributed by atoms with Crippen LogP contribution in [0, 0.1) is 0 Å². The molecule has 1 atom stereocenters. The molecule has 0 spiro atoms. The predicted octanol–water partition coefficient (Wildman–Crippen LogP) is 2.51. The maximum Gasteiger partial charge on any atom is 0.252 e. The van der Waals surface area contributed by atoms with Crippen LogP contribution in [0.25, 0.3) is 0 Å². The molecule has 5 nitrogen and oxygen atoms in total. The number of amides is 1. The van der Waals surface area contributed by atoms with E-state index in [4.69, 9.17) is 0 Å². The van der Waals surface area contributed by atoms with Gasteiger partial charge in [0.05, 0.1) is 30.5 Å². The Kier molecular flexibility index (Phi) is 4.07. The quantitative estimate of drug-likeness (QED) is 0.787. The Morgan fingerprint density at radius 2 is 1.95 bits per heavy atom. The van der Waals surface area contributed by atoms with E-state index in [0.29, 0.717) is 12.1 Å². The van der Waals surface area contributed by atoms with Crippen LogP contribution >= 0.6 is 11.3 Å². The minimum Gasteiger partial charge on any atom is -0.343 e. The van der Waals surface area contributed by atoms with Crippen LogP contribution in [-0.4, -0.2) is 20.9 Å². The number of nitrogens with zero attached hydrogens (tertiary/aromatic N) is 3. The Morgan fingerprint density at radius 1 is 1.19 bits per heavy atom. The molecule has 21 heavy (non-hydrogen) atoms. The van der Waals surface area contributed by atoms with E-state index in [1.807, 2.05) is 47.2 Å². The first-order valence-electron chi connectivity index (χ1n) is 6.55. The lowest BCUT2D eigenvalue weighted by Gasteiger charge is -2.18. The fourth-order valence-corrected chi connectivity index (χ4v) is 2.69. The van der Waals surface area contributed by atoms with Gasteiger partial charge in [-0.25, -0.2) is 0 Å². The average Bonchev–Trinajstić information content (AvgIpc) is 3.21. The molecule has 0 radical (unpaired) electrons. The van der Waals surface area contributed by atoms with Gasteiger partial charge in [-0.15, -0.1) is 0 Å². The zero-order valence-electron chi connectivity index (χ0n) is 11.2. The van der Waals surface area contributed by atoms with Crippen LogP contribution in [0.15, 0.2) is 59.6 Å². The normalized spacial score (nSPS) is 12.0. The number of aromatic nitrogens is 3. The number of nitrogens with one attached hydrogen (secondary N) is 1. The van der Waals surface area contributed by atoms with Gasteiger partial charge >= 0.3 is 0 Å². The monoisotopic (exact) mass is 298 g/mol. The van der Waals surface area contributed by atoms with Crippen molar-refractivity contribution in [3.63, 3.8) is 0 Å². The molecule has 1 N–H and O–H groups in total. The molecule has 1 amide bonds. The lowest BCUT2D eigenvalue weighted by molar-refractivity contribution is 0.0931. The van der Waals surface area contributed by atoms with E-state index in [9.17, 15) is 4.79 Å². The fraction of sp³-hybridized carbons (Fsp3) is 0.133. The van der Waals surface area contributed by atoms with Crippen molar-refractivity contribution < 1.29 is 4.79 Å². The first kappa shape index (κ1) is 13.5. The minimum absolute atomic E-state index is 0.0859. The highest BCUT2D eigenvalue weighted by atomic mass is 32.1. The van der Waals surface area contributed by atoms with Crippen molar-refractivity contribution in [3.8, 4) is 0 Å². The Balaban J connectivity index is 1.80. The van der Waals surface area contributed by atoms with E-state index >= 15 is 0 Å². The van der Waals surface area contributed by atoms with Crippen molar-refractivity contribution in [2.24, 2.45) is 0 Å². The predicted molar refractivity (Wildman–Crippen MR) is 81.0 cm³/mol. The highest BCUT2D eigenvalue weighted by Crippen LogP contribution is 2.16. The Hall–Kier alpha value is -2.47. The first-order valence-corrected chi connectivity index (χ1v) is 7.49. The molecule has 0 saturated heterocycles. The number of carbonyl (C=O) groups is 1. The number of benzene rings is 1. The molecule has 0 aliphatic carbocycles. The van der Waals surface area contributed by atoms with Gasteiger partial charge in [-0.2, -0.15) is 26.3 Å². The maximum absolute atomic E-state index is 12.3. The topological polar surface area (TPSA) is 59.8 Å². The Bertz CT molecular complexity index is 680. The fourth-order valence-electron chi connectivity index (χ4n) is 2.06. The van der Waals surface area contributed by atoms with Gasteiger partial charge in [0, 0.05) is 5.38 Å². The molecule has 3 aromatic rings. The smallest absolute Gasteiger partial charge is 0.252 e. The number of hydrogen-bond donors (Lipinski definition) is 1. The average molecular weight is 298 g/mol. The van der Waals surface area contributed by atoms with Gasteiger partial charge in [-0.1, -0.05) is 30.3 Å². The molecule has 2 aromatic heterocycles. The summed E-state index contributed by atoms with van der Waals surface area (Å²) in [5, 5.41) is 15.0. The third-order valence-electron chi connectivity index (χ3n) is 3.10. The summed E-state index contributed by atoms with van der Waals surface area (Å²) in [5.74, 6) is -0.0859. The van der Waals surface area contributed by atoms with Crippen LogP contribution in [0.4, 0.5) is 0 Å². The molecule has 0 fully saturated rings. The van der Waals surface area contributed by atoms with E-state index in [0.717, 1.165) is 5.56 Å². The number of hydrogen-bond acceptors (Lipinski definition) is 4. The summed E-state index contributed by atoms with van der Waals surface area (Å²) in [5.41, 5.74) is 1.70. The molecule has 6 heteroatoms. The molecular formula is C15H14N4OS. The van der Waals surface area contributed by atoms with Crippen LogP contribution < -0.4 is 5.32 Å². The van der Waals surface area contributed by atoms with Crippen molar-refractivity contribution in [2.45, 2.75) is 12.6 Å². The van der Waals surface area contributed by atoms with Gasteiger partial charge < -0.3 is 5.32 Å². The molecule has 1 unspecified atom stereocenters. The van der Waals surface area contributed by atoms with E-state index in [1.54, 1.807) is 17.2 Å². The van der Waals surface area contributed by atoms with Crippen molar-refractivity contribution in [1.29, 1.82) is 0 Å². The van der Waals surface area contributed by atoms with Crippen molar-refractivity contribution in [2.75, 3.05) is 0 Å². The second-order valence-corrected chi connectivity index (χ2v) is 5.31. The molecule has 0 saturated carbocycles. The number of thiophene rings is 1. The van der Waals surface area contributed by atoms with Gasteiger partial charge in [0.15, 0.2) is 0 Å². The van der Waals surface area contributed by atoms with Crippen LogP contribution in [-0.2, 0) is 6.54 Å². The minimum atomic E-state index is -0.175. The van der Waals surface area contributed by atoms with Gasteiger partial charge in [-0.05, 0) is 17.0 Å². The molecule has 106 valence electrons. The molecule has 0 bridgehead atoms. The van der Waals surface area contributed by atoms with Crippen LogP contribution in [0.1, 0.15) is 22.0 Å². The summed E-state index contributed by atoms with van der Waals surface area (Å²) in [6.45, 7) is 0.493. The Morgan fingerprint density at radius 3 is 2.62 bits per heavy atom. The summed E-state index contributed by atoms with van der Waals surface area (Å²) in [6.07, 6.45) is 3.26. The zero-order valence-corrected chi connectivity index (χ0v) is 12.0.